The van der Waals surface area contributed by atoms with Crippen LogP contribution in [0.1, 0.15) is 44.3 Å². The van der Waals surface area contributed by atoms with Gasteiger partial charge in [0.15, 0.2) is 6.10 Å². The molecule has 0 bridgehead atoms. The van der Waals surface area contributed by atoms with Gasteiger partial charge in [-0.25, -0.2) is 0 Å². The van der Waals surface area contributed by atoms with Crippen molar-refractivity contribution >= 4 is 11.6 Å². The summed E-state index contributed by atoms with van der Waals surface area (Å²) in [5.74, 6) is -0.0719. The SMILES string of the molecule is CCCN1CCC(NC(=O)C2=NO[C@H](c3ccccc3)C2)CC1. The molecule has 0 radical (unpaired) electrons. The number of carbonyl (C=O) groups is 1. The zero-order valence-electron chi connectivity index (χ0n) is 13.7. The van der Waals surface area contributed by atoms with Crippen LogP contribution in [-0.4, -0.2) is 42.2 Å². The lowest BCUT2D eigenvalue weighted by Crippen LogP contribution is -2.46. The first-order valence-electron chi connectivity index (χ1n) is 8.57. The largest absolute Gasteiger partial charge is 0.387 e. The van der Waals surface area contributed by atoms with Crippen LogP contribution in [0.4, 0.5) is 0 Å². The van der Waals surface area contributed by atoms with Crippen molar-refractivity contribution in [1.82, 2.24) is 10.2 Å². The first-order chi connectivity index (χ1) is 11.3. The van der Waals surface area contributed by atoms with E-state index in [0.717, 1.165) is 38.0 Å². The molecule has 3 rings (SSSR count). The summed E-state index contributed by atoms with van der Waals surface area (Å²) in [5, 5.41) is 7.12. The summed E-state index contributed by atoms with van der Waals surface area (Å²) in [6, 6.07) is 10.2. The minimum Gasteiger partial charge on any atom is -0.387 e. The summed E-state index contributed by atoms with van der Waals surface area (Å²) < 4.78 is 0. The van der Waals surface area contributed by atoms with Gasteiger partial charge in [-0.2, -0.15) is 0 Å². The number of amides is 1. The van der Waals surface area contributed by atoms with Crippen LogP contribution in [0.2, 0.25) is 0 Å². The van der Waals surface area contributed by atoms with E-state index in [1.807, 2.05) is 30.3 Å². The van der Waals surface area contributed by atoms with Crippen LogP contribution in [0.15, 0.2) is 35.5 Å². The smallest absolute Gasteiger partial charge is 0.269 e. The molecule has 0 saturated carbocycles. The Balaban J connectivity index is 1.47. The lowest BCUT2D eigenvalue weighted by atomic mass is 10.0. The Labute approximate surface area is 137 Å². The van der Waals surface area contributed by atoms with Crippen molar-refractivity contribution in [2.24, 2.45) is 5.16 Å². The van der Waals surface area contributed by atoms with Crippen molar-refractivity contribution in [2.45, 2.75) is 44.8 Å². The lowest BCUT2D eigenvalue weighted by Gasteiger charge is -2.31. The second kappa shape index (κ2) is 7.59. The van der Waals surface area contributed by atoms with E-state index in [2.05, 4.69) is 22.3 Å². The van der Waals surface area contributed by atoms with E-state index in [9.17, 15) is 4.79 Å². The van der Waals surface area contributed by atoms with Crippen LogP contribution in [-0.2, 0) is 9.63 Å². The first kappa shape index (κ1) is 16.0. The third kappa shape index (κ3) is 4.10. The number of oxime groups is 1. The quantitative estimate of drug-likeness (QED) is 0.908. The fraction of sp³-hybridized carbons (Fsp3) is 0.556. The monoisotopic (exact) mass is 315 g/mol. The molecule has 1 fully saturated rings. The second-order valence-corrected chi connectivity index (χ2v) is 6.34. The molecule has 0 unspecified atom stereocenters. The standard InChI is InChI=1S/C18H25N3O2/c1-2-10-21-11-8-15(9-12-21)19-18(22)16-13-17(23-20-16)14-6-4-3-5-7-14/h3-7,15,17H,2,8-13H2,1H3,(H,19,22)/t17-/m0/s1. The van der Waals surface area contributed by atoms with E-state index in [1.54, 1.807) is 0 Å². The minimum atomic E-state index is -0.136. The third-order valence-electron chi connectivity index (χ3n) is 4.56. The van der Waals surface area contributed by atoms with Crippen LogP contribution in [0.3, 0.4) is 0 Å². The highest BCUT2D eigenvalue weighted by Gasteiger charge is 2.29. The molecule has 5 heteroatoms. The molecule has 1 saturated heterocycles. The molecular weight excluding hydrogens is 290 g/mol. The summed E-state index contributed by atoms with van der Waals surface area (Å²) in [7, 11) is 0. The van der Waals surface area contributed by atoms with E-state index in [-0.39, 0.29) is 18.1 Å². The van der Waals surface area contributed by atoms with E-state index < -0.39 is 0 Å². The van der Waals surface area contributed by atoms with Crippen molar-refractivity contribution in [2.75, 3.05) is 19.6 Å². The van der Waals surface area contributed by atoms with Crippen LogP contribution in [0.25, 0.3) is 0 Å². The Morgan fingerprint density at radius 1 is 1.30 bits per heavy atom. The molecule has 1 atom stereocenters. The van der Waals surface area contributed by atoms with Crippen molar-refractivity contribution in [3.8, 4) is 0 Å². The maximum Gasteiger partial charge on any atom is 0.269 e. The van der Waals surface area contributed by atoms with Gasteiger partial charge in [0, 0.05) is 25.6 Å². The van der Waals surface area contributed by atoms with Crippen molar-refractivity contribution in [1.29, 1.82) is 0 Å². The third-order valence-corrected chi connectivity index (χ3v) is 4.56. The number of rotatable bonds is 5. The zero-order valence-corrected chi connectivity index (χ0v) is 13.7. The van der Waals surface area contributed by atoms with Crippen LogP contribution < -0.4 is 5.32 Å². The van der Waals surface area contributed by atoms with Gasteiger partial charge >= 0.3 is 0 Å². The van der Waals surface area contributed by atoms with Crippen LogP contribution in [0, 0.1) is 0 Å². The first-order valence-corrected chi connectivity index (χ1v) is 8.57. The average molecular weight is 315 g/mol. The molecular formula is C18H25N3O2. The molecule has 2 aliphatic heterocycles. The van der Waals surface area contributed by atoms with Gasteiger partial charge in [0.05, 0.1) is 0 Å². The van der Waals surface area contributed by atoms with Crippen LogP contribution >= 0.6 is 0 Å². The van der Waals surface area contributed by atoms with E-state index in [4.69, 9.17) is 4.84 Å². The summed E-state index contributed by atoms with van der Waals surface area (Å²) in [6.45, 7) is 5.48. The van der Waals surface area contributed by atoms with Gasteiger partial charge in [-0.1, -0.05) is 42.4 Å². The Hall–Kier alpha value is -1.88. The lowest BCUT2D eigenvalue weighted by molar-refractivity contribution is -0.115. The number of piperidine rings is 1. The average Bonchev–Trinajstić information content (AvgIpc) is 3.08. The van der Waals surface area contributed by atoms with Gasteiger partial charge in [-0.15, -0.1) is 0 Å². The Morgan fingerprint density at radius 2 is 2.04 bits per heavy atom. The summed E-state index contributed by atoms with van der Waals surface area (Å²) in [4.78, 5) is 20.3. The van der Waals surface area contributed by atoms with E-state index >= 15 is 0 Å². The zero-order chi connectivity index (χ0) is 16.1. The van der Waals surface area contributed by atoms with Crippen molar-refractivity contribution in [3.05, 3.63) is 35.9 Å². The van der Waals surface area contributed by atoms with E-state index in [0.29, 0.717) is 12.1 Å². The molecule has 1 N–H and O–H groups in total. The number of hydrogen-bond acceptors (Lipinski definition) is 4. The minimum absolute atomic E-state index is 0.0719. The molecule has 2 heterocycles. The normalized spacial score (nSPS) is 22.5. The topological polar surface area (TPSA) is 53.9 Å². The summed E-state index contributed by atoms with van der Waals surface area (Å²) >= 11 is 0. The molecule has 1 aromatic rings. The van der Waals surface area contributed by atoms with Gasteiger partial charge in [0.1, 0.15) is 5.71 Å². The second-order valence-electron chi connectivity index (χ2n) is 6.34. The van der Waals surface area contributed by atoms with Gasteiger partial charge in [-0.3, -0.25) is 4.79 Å². The molecule has 23 heavy (non-hydrogen) atoms. The molecule has 5 nitrogen and oxygen atoms in total. The van der Waals surface area contributed by atoms with Crippen molar-refractivity contribution in [3.63, 3.8) is 0 Å². The highest BCUT2D eigenvalue weighted by atomic mass is 16.6. The molecule has 0 aliphatic carbocycles. The maximum atomic E-state index is 12.4. The van der Waals surface area contributed by atoms with Crippen molar-refractivity contribution < 1.29 is 9.63 Å². The molecule has 1 amide bonds. The Morgan fingerprint density at radius 3 is 2.74 bits per heavy atom. The molecule has 1 aromatic carbocycles. The van der Waals surface area contributed by atoms with Gasteiger partial charge < -0.3 is 15.1 Å². The molecule has 2 aliphatic rings. The summed E-state index contributed by atoms with van der Waals surface area (Å²) in [6.07, 6.45) is 3.63. The Kier molecular flexibility index (Phi) is 5.28. The van der Waals surface area contributed by atoms with E-state index in [1.165, 1.54) is 6.42 Å². The highest BCUT2D eigenvalue weighted by Crippen LogP contribution is 2.27. The van der Waals surface area contributed by atoms with Gasteiger partial charge in [0.25, 0.3) is 5.91 Å². The van der Waals surface area contributed by atoms with Crippen LogP contribution in [0.5, 0.6) is 0 Å². The maximum absolute atomic E-state index is 12.4. The van der Waals surface area contributed by atoms with Gasteiger partial charge in [-0.05, 0) is 31.4 Å². The molecule has 124 valence electrons. The van der Waals surface area contributed by atoms with Gasteiger partial charge in [0.2, 0.25) is 0 Å². The predicted molar refractivity (Wildman–Crippen MR) is 90.2 cm³/mol. The number of nitrogens with one attached hydrogen (secondary N) is 1. The highest BCUT2D eigenvalue weighted by molar-refractivity contribution is 6.39. The fourth-order valence-electron chi connectivity index (χ4n) is 3.24. The number of likely N-dealkylation sites (tertiary alicyclic amines) is 1. The number of carbonyl (C=O) groups excluding carboxylic acids is 1. The summed E-state index contributed by atoms with van der Waals surface area (Å²) in [5.41, 5.74) is 1.57. The fourth-order valence-corrected chi connectivity index (χ4v) is 3.24. The predicted octanol–water partition coefficient (Wildman–Crippen LogP) is 2.49. The number of nitrogens with zero attached hydrogens (tertiary/aromatic N) is 2. The number of benzene rings is 1. The molecule has 0 spiro atoms. The Bertz CT molecular complexity index is 551. The molecule has 0 aromatic heterocycles. The number of hydrogen-bond donors (Lipinski definition) is 1.